The number of ether oxygens (including phenoxy) is 2. The lowest BCUT2D eigenvalue weighted by molar-refractivity contribution is -0.0518. The first-order valence-corrected chi connectivity index (χ1v) is 10.9. The third-order valence-corrected chi connectivity index (χ3v) is 5.69. The minimum Gasteiger partial charge on any atom is -0.452 e. The lowest BCUT2D eigenvalue weighted by Gasteiger charge is -2.27. The number of carbonyl (C=O) groups excluding carboxylic acids is 2. The molecule has 2 aromatic carbocycles. The maximum Gasteiger partial charge on any atom is 0.351 e. The Bertz CT molecular complexity index is 1230. The van der Waals surface area contributed by atoms with Gasteiger partial charge in [0, 0.05) is 11.8 Å². The maximum atomic E-state index is 16.0. The molecule has 1 fully saturated rings. The van der Waals surface area contributed by atoms with Gasteiger partial charge in [0.25, 0.3) is 5.91 Å². The molecule has 1 amide bonds. The van der Waals surface area contributed by atoms with E-state index in [1.807, 2.05) is 0 Å². The van der Waals surface area contributed by atoms with Gasteiger partial charge in [0.05, 0.1) is 5.56 Å². The Morgan fingerprint density at radius 2 is 1.71 bits per heavy atom. The van der Waals surface area contributed by atoms with Gasteiger partial charge in [0.15, 0.2) is 18.0 Å². The Morgan fingerprint density at radius 1 is 1.09 bits per heavy atom. The highest BCUT2D eigenvalue weighted by atomic mass is 19.1. The normalized spacial score (nSPS) is 23.9. The molecule has 34 heavy (non-hydrogen) atoms. The van der Waals surface area contributed by atoms with Gasteiger partial charge in [-0.2, -0.15) is 4.98 Å². The SMILES string of the molecule is CC[C@H]1OC(n2ccc(NC(=O)c3ccccc3)nc2=O)[C@@](C)(F)[C@@H]1OC(=O)c1ccccc1. The molecular formula is C25H24FN3O5. The highest BCUT2D eigenvalue weighted by Crippen LogP contribution is 2.43. The first-order chi connectivity index (χ1) is 16.3. The summed E-state index contributed by atoms with van der Waals surface area (Å²) in [7, 11) is 0. The van der Waals surface area contributed by atoms with Crippen LogP contribution < -0.4 is 11.0 Å². The number of nitrogens with zero attached hydrogens (tertiary/aromatic N) is 2. The molecule has 4 rings (SSSR count). The Labute approximate surface area is 195 Å². The van der Waals surface area contributed by atoms with Crippen LogP contribution in [0.1, 0.15) is 47.2 Å². The van der Waals surface area contributed by atoms with E-state index in [1.165, 1.54) is 19.2 Å². The summed E-state index contributed by atoms with van der Waals surface area (Å²) in [5.74, 6) is -1.09. The van der Waals surface area contributed by atoms with Crippen LogP contribution in [0.5, 0.6) is 0 Å². The van der Waals surface area contributed by atoms with Crippen LogP contribution in [0.4, 0.5) is 10.2 Å². The smallest absolute Gasteiger partial charge is 0.351 e. The molecular weight excluding hydrogens is 441 g/mol. The van der Waals surface area contributed by atoms with Crippen molar-refractivity contribution in [1.82, 2.24) is 9.55 Å². The summed E-state index contributed by atoms with van der Waals surface area (Å²) in [5, 5.41) is 2.54. The number of hydrogen-bond acceptors (Lipinski definition) is 6. The van der Waals surface area contributed by atoms with E-state index in [4.69, 9.17) is 9.47 Å². The van der Waals surface area contributed by atoms with Crippen molar-refractivity contribution < 1.29 is 23.5 Å². The predicted octanol–water partition coefficient (Wildman–Crippen LogP) is 3.76. The van der Waals surface area contributed by atoms with E-state index in [1.54, 1.807) is 67.6 Å². The zero-order valence-electron chi connectivity index (χ0n) is 18.7. The maximum absolute atomic E-state index is 16.0. The number of aromatic nitrogens is 2. The molecule has 4 atom stereocenters. The van der Waals surface area contributed by atoms with Crippen LogP contribution in [0.3, 0.4) is 0 Å². The zero-order valence-corrected chi connectivity index (χ0v) is 18.7. The van der Waals surface area contributed by atoms with E-state index < -0.39 is 41.7 Å². The van der Waals surface area contributed by atoms with E-state index in [0.717, 1.165) is 4.57 Å². The van der Waals surface area contributed by atoms with Crippen LogP contribution in [0.15, 0.2) is 77.7 Å². The number of esters is 1. The molecule has 9 heteroatoms. The number of nitrogens with one attached hydrogen (secondary N) is 1. The summed E-state index contributed by atoms with van der Waals surface area (Å²) in [6, 6.07) is 18.1. The Kier molecular flexibility index (Phi) is 6.56. The van der Waals surface area contributed by atoms with E-state index in [0.29, 0.717) is 12.0 Å². The number of anilines is 1. The molecule has 0 bridgehead atoms. The van der Waals surface area contributed by atoms with Gasteiger partial charge in [-0.1, -0.05) is 43.3 Å². The van der Waals surface area contributed by atoms with Gasteiger partial charge < -0.3 is 14.8 Å². The summed E-state index contributed by atoms with van der Waals surface area (Å²) in [6.45, 7) is 3.00. The van der Waals surface area contributed by atoms with Crippen molar-refractivity contribution in [2.24, 2.45) is 0 Å². The number of rotatable bonds is 6. The zero-order chi connectivity index (χ0) is 24.3. The van der Waals surface area contributed by atoms with Crippen molar-refractivity contribution in [3.05, 3.63) is 94.5 Å². The average Bonchev–Trinajstić information content (AvgIpc) is 3.09. The number of alkyl halides is 1. The molecule has 1 unspecified atom stereocenters. The number of benzene rings is 2. The van der Waals surface area contributed by atoms with Crippen LogP contribution in [0.25, 0.3) is 0 Å². The van der Waals surface area contributed by atoms with Gasteiger partial charge in [0.1, 0.15) is 11.9 Å². The second kappa shape index (κ2) is 9.56. The average molecular weight is 465 g/mol. The largest absolute Gasteiger partial charge is 0.452 e. The van der Waals surface area contributed by atoms with Crippen LogP contribution in [-0.4, -0.2) is 39.3 Å². The summed E-state index contributed by atoms with van der Waals surface area (Å²) in [6.07, 6.45) is -1.72. The number of amides is 1. The van der Waals surface area contributed by atoms with E-state index in [9.17, 15) is 14.4 Å². The second-order valence-electron chi connectivity index (χ2n) is 8.10. The van der Waals surface area contributed by atoms with Crippen LogP contribution in [0, 0.1) is 0 Å². The molecule has 1 aliphatic rings. The predicted molar refractivity (Wildman–Crippen MR) is 122 cm³/mol. The third-order valence-electron chi connectivity index (χ3n) is 5.69. The third kappa shape index (κ3) is 4.60. The molecule has 0 saturated carbocycles. The molecule has 1 aliphatic heterocycles. The van der Waals surface area contributed by atoms with Crippen LogP contribution in [0.2, 0.25) is 0 Å². The second-order valence-corrected chi connectivity index (χ2v) is 8.10. The van der Waals surface area contributed by atoms with Crippen molar-refractivity contribution in [3.8, 4) is 0 Å². The molecule has 0 aliphatic carbocycles. The van der Waals surface area contributed by atoms with Crippen molar-refractivity contribution in [1.29, 1.82) is 0 Å². The summed E-state index contributed by atoms with van der Waals surface area (Å²) >= 11 is 0. The Balaban J connectivity index is 1.54. The van der Waals surface area contributed by atoms with E-state index >= 15 is 4.39 Å². The van der Waals surface area contributed by atoms with Gasteiger partial charge in [-0.3, -0.25) is 9.36 Å². The van der Waals surface area contributed by atoms with Crippen LogP contribution in [-0.2, 0) is 9.47 Å². The minimum atomic E-state index is -2.22. The number of hydrogen-bond donors (Lipinski definition) is 1. The van der Waals surface area contributed by atoms with Gasteiger partial charge in [0.2, 0.25) is 0 Å². The van der Waals surface area contributed by atoms with Crippen molar-refractivity contribution >= 4 is 17.7 Å². The molecule has 2 heterocycles. The fourth-order valence-electron chi connectivity index (χ4n) is 3.91. The first kappa shape index (κ1) is 23.3. The van der Waals surface area contributed by atoms with Gasteiger partial charge >= 0.3 is 11.7 Å². The highest BCUT2D eigenvalue weighted by molar-refractivity contribution is 6.03. The standard InChI is InChI=1S/C25H24FN3O5/c1-3-18-20(34-22(31)17-12-8-5-9-13-17)25(2,26)23(33-18)29-15-14-19(28-24(29)32)27-21(30)16-10-6-4-7-11-16/h4-15,18,20,23H,3H2,1-2H3,(H,27,28,30,32)/t18-,20-,23?,25+/m1/s1. The van der Waals surface area contributed by atoms with Crippen molar-refractivity contribution in [3.63, 3.8) is 0 Å². The number of carbonyl (C=O) groups is 2. The monoisotopic (exact) mass is 465 g/mol. The molecule has 1 saturated heterocycles. The molecule has 1 N–H and O–H groups in total. The summed E-state index contributed by atoms with van der Waals surface area (Å²) in [5.41, 5.74) is -2.35. The minimum absolute atomic E-state index is 0.0211. The molecule has 1 aromatic heterocycles. The van der Waals surface area contributed by atoms with E-state index in [-0.39, 0.29) is 11.4 Å². The molecule has 0 radical (unpaired) electrons. The number of halogens is 1. The van der Waals surface area contributed by atoms with Crippen molar-refractivity contribution in [2.45, 2.75) is 44.4 Å². The Hall–Kier alpha value is -3.85. The quantitative estimate of drug-likeness (QED) is 0.557. The van der Waals surface area contributed by atoms with Gasteiger partial charge in [-0.15, -0.1) is 0 Å². The van der Waals surface area contributed by atoms with E-state index in [2.05, 4.69) is 10.3 Å². The van der Waals surface area contributed by atoms with Gasteiger partial charge in [-0.05, 0) is 43.7 Å². The topological polar surface area (TPSA) is 99.5 Å². The molecule has 176 valence electrons. The fraction of sp³-hybridized carbons (Fsp3) is 0.280. The molecule has 8 nitrogen and oxygen atoms in total. The van der Waals surface area contributed by atoms with Gasteiger partial charge in [-0.25, -0.2) is 14.0 Å². The molecule has 3 aromatic rings. The Morgan fingerprint density at radius 3 is 2.29 bits per heavy atom. The fourth-order valence-corrected chi connectivity index (χ4v) is 3.91. The summed E-state index contributed by atoms with van der Waals surface area (Å²) < 4.78 is 28.3. The highest BCUT2D eigenvalue weighted by Gasteiger charge is 2.57. The lowest BCUT2D eigenvalue weighted by atomic mass is 9.96. The van der Waals surface area contributed by atoms with Crippen molar-refractivity contribution in [2.75, 3.05) is 5.32 Å². The van der Waals surface area contributed by atoms with Crippen LogP contribution >= 0.6 is 0 Å². The lowest BCUT2D eigenvalue weighted by Crippen LogP contribution is -2.44. The summed E-state index contributed by atoms with van der Waals surface area (Å²) in [4.78, 5) is 41.5. The molecule has 0 spiro atoms. The first-order valence-electron chi connectivity index (χ1n) is 10.9.